The molecule has 1 aliphatic heterocycles. The summed E-state index contributed by atoms with van der Waals surface area (Å²) >= 11 is 0. The van der Waals surface area contributed by atoms with Gasteiger partial charge in [0.25, 0.3) is 0 Å². The van der Waals surface area contributed by atoms with E-state index < -0.39 is 0 Å². The molecule has 0 radical (unpaired) electrons. The Labute approximate surface area is 44.2 Å². The Morgan fingerprint density at radius 2 is 2.29 bits per heavy atom. The summed E-state index contributed by atoms with van der Waals surface area (Å²) in [6.45, 7) is 4.78. The molecule has 0 atom stereocenters. The average Bonchev–Trinajstić information content (AvgIpc) is 2.23. The van der Waals surface area contributed by atoms with Crippen LogP contribution in [0.3, 0.4) is 0 Å². The second-order valence-electron chi connectivity index (χ2n) is 0.910. The fourth-order valence-corrected chi connectivity index (χ4v) is 0.264. The normalized spacial score (nSPS) is 14.6. The van der Waals surface area contributed by atoms with E-state index in [4.69, 9.17) is 0 Å². The summed E-state index contributed by atoms with van der Waals surface area (Å²) in [5, 5.41) is 3.46. The maximum Gasteiger partial charge on any atom is 0.122 e. The number of rotatable bonds is 0. The molecular formula is C5H11NO. The molecule has 0 aromatic rings. The van der Waals surface area contributed by atoms with Gasteiger partial charge >= 0.3 is 0 Å². The fraction of sp³-hybridized carbons (Fsp3) is 0.800. The smallest absolute Gasteiger partial charge is 0.122 e. The number of hydrogen-bond acceptors (Lipinski definition) is 2. The summed E-state index contributed by atoms with van der Waals surface area (Å²) < 4.78 is 0. The molecule has 1 aliphatic rings. The number of hydrogen-bond donors (Lipinski definition) is 0. The van der Waals surface area contributed by atoms with Crippen LogP contribution in [0.4, 0.5) is 0 Å². The molecule has 0 aromatic heterocycles. The molecule has 42 valence electrons. The molecule has 0 N–H and O–H groups in total. The zero-order valence-electron chi connectivity index (χ0n) is 4.85. The van der Waals surface area contributed by atoms with Crippen molar-refractivity contribution in [3.8, 4) is 0 Å². The summed E-state index contributed by atoms with van der Waals surface area (Å²) in [7, 11) is 0. The molecular weight excluding hydrogens is 90.1 g/mol. The van der Waals surface area contributed by atoms with E-state index in [1.54, 1.807) is 6.21 Å². The highest BCUT2D eigenvalue weighted by molar-refractivity contribution is 5.57. The van der Waals surface area contributed by atoms with Crippen molar-refractivity contribution in [2.75, 3.05) is 6.61 Å². The molecule has 0 aromatic carbocycles. The minimum atomic E-state index is 0.778. The van der Waals surface area contributed by atoms with Crippen LogP contribution in [0.2, 0.25) is 0 Å². The first-order valence-corrected chi connectivity index (χ1v) is 2.64. The first-order chi connectivity index (χ1) is 3.50. The van der Waals surface area contributed by atoms with Crippen molar-refractivity contribution in [2.24, 2.45) is 5.16 Å². The standard InChI is InChI=1S/C3H5NO.C2H6/c1-2-4-5-3-1;1-2/h2H,1,3H2;1-2H3. The Hall–Kier alpha value is -0.530. The first-order valence-electron chi connectivity index (χ1n) is 2.64. The van der Waals surface area contributed by atoms with Gasteiger partial charge in [-0.3, -0.25) is 0 Å². The van der Waals surface area contributed by atoms with Crippen molar-refractivity contribution in [2.45, 2.75) is 20.3 Å². The molecule has 0 fully saturated rings. The lowest BCUT2D eigenvalue weighted by molar-refractivity contribution is 0.174. The molecule has 0 bridgehead atoms. The second kappa shape index (κ2) is 5.47. The minimum absolute atomic E-state index is 0.778. The molecule has 0 saturated carbocycles. The van der Waals surface area contributed by atoms with Crippen molar-refractivity contribution in [3.63, 3.8) is 0 Å². The van der Waals surface area contributed by atoms with E-state index in [2.05, 4.69) is 9.99 Å². The Morgan fingerprint density at radius 3 is 2.43 bits per heavy atom. The maximum absolute atomic E-state index is 4.51. The van der Waals surface area contributed by atoms with Crippen LogP contribution in [0, 0.1) is 0 Å². The Balaban J connectivity index is 0.000000162. The van der Waals surface area contributed by atoms with E-state index in [0.29, 0.717) is 0 Å². The molecule has 2 nitrogen and oxygen atoms in total. The van der Waals surface area contributed by atoms with Gasteiger partial charge in [-0.2, -0.15) is 0 Å². The van der Waals surface area contributed by atoms with Gasteiger partial charge in [-0.25, -0.2) is 0 Å². The zero-order chi connectivity index (χ0) is 5.54. The van der Waals surface area contributed by atoms with Crippen molar-refractivity contribution >= 4 is 6.21 Å². The highest BCUT2D eigenvalue weighted by Gasteiger charge is 1.86. The van der Waals surface area contributed by atoms with Crippen LogP contribution >= 0.6 is 0 Å². The Kier molecular flexibility index (Phi) is 5.06. The Morgan fingerprint density at radius 1 is 1.57 bits per heavy atom. The van der Waals surface area contributed by atoms with Crippen LogP contribution in [0.5, 0.6) is 0 Å². The van der Waals surface area contributed by atoms with Crippen LogP contribution in [-0.2, 0) is 4.84 Å². The lowest BCUT2D eigenvalue weighted by atomic mass is 10.5. The van der Waals surface area contributed by atoms with Gasteiger partial charge in [-0.15, -0.1) is 0 Å². The first kappa shape index (κ1) is 6.47. The average molecular weight is 101 g/mol. The van der Waals surface area contributed by atoms with Gasteiger partial charge in [0.1, 0.15) is 6.61 Å². The number of oxime groups is 1. The number of nitrogens with zero attached hydrogens (tertiary/aromatic N) is 1. The van der Waals surface area contributed by atoms with Gasteiger partial charge in [-0.05, 0) is 0 Å². The van der Waals surface area contributed by atoms with Gasteiger partial charge in [0, 0.05) is 12.6 Å². The second-order valence-corrected chi connectivity index (χ2v) is 0.910. The zero-order valence-corrected chi connectivity index (χ0v) is 4.85. The summed E-state index contributed by atoms with van der Waals surface area (Å²) in [6, 6.07) is 0. The van der Waals surface area contributed by atoms with Crippen molar-refractivity contribution in [1.29, 1.82) is 0 Å². The third-order valence-corrected chi connectivity index (χ3v) is 0.487. The van der Waals surface area contributed by atoms with E-state index in [0.717, 1.165) is 13.0 Å². The van der Waals surface area contributed by atoms with Crippen LogP contribution in [0.25, 0.3) is 0 Å². The van der Waals surface area contributed by atoms with Crippen LogP contribution in [0.1, 0.15) is 20.3 Å². The third-order valence-electron chi connectivity index (χ3n) is 0.487. The van der Waals surface area contributed by atoms with Crippen LogP contribution in [0.15, 0.2) is 5.16 Å². The summed E-state index contributed by atoms with van der Waals surface area (Å²) in [6.07, 6.45) is 2.75. The van der Waals surface area contributed by atoms with Gasteiger partial charge in [0.2, 0.25) is 0 Å². The largest absolute Gasteiger partial charge is 0.396 e. The van der Waals surface area contributed by atoms with Gasteiger partial charge in [0.05, 0.1) is 0 Å². The minimum Gasteiger partial charge on any atom is -0.396 e. The quantitative estimate of drug-likeness (QED) is 0.452. The van der Waals surface area contributed by atoms with Gasteiger partial charge in [-0.1, -0.05) is 19.0 Å². The lowest BCUT2D eigenvalue weighted by Gasteiger charge is -1.76. The van der Waals surface area contributed by atoms with Crippen LogP contribution < -0.4 is 0 Å². The van der Waals surface area contributed by atoms with Crippen molar-refractivity contribution in [1.82, 2.24) is 0 Å². The molecule has 0 amide bonds. The summed E-state index contributed by atoms with van der Waals surface area (Å²) in [4.78, 5) is 4.51. The van der Waals surface area contributed by atoms with Gasteiger partial charge < -0.3 is 4.84 Å². The molecule has 1 heterocycles. The van der Waals surface area contributed by atoms with E-state index in [9.17, 15) is 0 Å². The maximum atomic E-state index is 4.51. The lowest BCUT2D eigenvalue weighted by Crippen LogP contribution is -1.72. The van der Waals surface area contributed by atoms with Crippen molar-refractivity contribution in [3.05, 3.63) is 0 Å². The topological polar surface area (TPSA) is 21.6 Å². The van der Waals surface area contributed by atoms with Gasteiger partial charge in [0.15, 0.2) is 0 Å². The van der Waals surface area contributed by atoms with E-state index in [1.165, 1.54) is 0 Å². The molecule has 0 aliphatic carbocycles. The van der Waals surface area contributed by atoms with E-state index in [-0.39, 0.29) is 0 Å². The third kappa shape index (κ3) is 3.30. The predicted octanol–water partition coefficient (Wildman–Crippen LogP) is 1.42. The highest BCUT2D eigenvalue weighted by Crippen LogP contribution is 1.86. The molecule has 0 unspecified atom stereocenters. The predicted molar refractivity (Wildman–Crippen MR) is 30.4 cm³/mol. The Bertz CT molecular complexity index is 46.0. The molecule has 2 heteroatoms. The highest BCUT2D eigenvalue weighted by atomic mass is 16.6. The summed E-state index contributed by atoms with van der Waals surface area (Å²) in [5.41, 5.74) is 0. The molecule has 0 saturated heterocycles. The molecule has 7 heavy (non-hydrogen) atoms. The SMILES string of the molecule is C1=NOCC1.CC. The monoisotopic (exact) mass is 101 g/mol. The van der Waals surface area contributed by atoms with Crippen LogP contribution in [-0.4, -0.2) is 12.8 Å². The molecule has 0 spiro atoms. The van der Waals surface area contributed by atoms with E-state index >= 15 is 0 Å². The van der Waals surface area contributed by atoms with Crippen molar-refractivity contribution < 1.29 is 4.84 Å². The van der Waals surface area contributed by atoms with E-state index in [1.807, 2.05) is 13.8 Å². The molecule has 1 rings (SSSR count). The fourth-order valence-electron chi connectivity index (χ4n) is 0.264. The summed E-state index contributed by atoms with van der Waals surface area (Å²) in [5.74, 6) is 0.